The molecule has 0 aliphatic carbocycles. The first-order valence-corrected chi connectivity index (χ1v) is 9.10. The minimum absolute atomic E-state index is 0.0760. The molecule has 0 saturated carbocycles. The molecule has 138 valence electrons. The van der Waals surface area contributed by atoms with Gasteiger partial charge in [0, 0.05) is 38.7 Å². The number of nitrogens with one attached hydrogen (secondary N) is 1. The summed E-state index contributed by atoms with van der Waals surface area (Å²) in [5.41, 5.74) is 0.899. The molecule has 0 fully saturated rings. The van der Waals surface area contributed by atoms with Gasteiger partial charge in [0.25, 0.3) is 0 Å². The molecule has 7 nitrogen and oxygen atoms in total. The third-order valence-electron chi connectivity index (χ3n) is 3.41. The van der Waals surface area contributed by atoms with Gasteiger partial charge in [-0.25, -0.2) is 14.8 Å². The Labute approximate surface area is 157 Å². The van der Waals surface area contributed by atoms with E-state index in [0.717, 1.165) is 5.56 Å². The monoisotopic (exact) mass is 374 g/mol. The van der Waals surface area contributed by atoms with Gasteiger partial charge in [0.2, 0.25) is 5.91 Å². The lowest BCUT2D eigenvalue weighted by molar-refractivity contribution is -0.129. The number of hydrogen-bond donors (Lipinski definition) is 1. The zero-order valence-corrected chi connectivity index (χ0v) is 15.6. The van der Waals surface area contributed by atoms with E-state index in [-0.39, 0.29) is 25.0 Å². The van der Waals surface area contributed by atoms with E-state index in [9.17, 15) is 9.59 Å². The number of carbonyl (C=O) groups excluding carboxylic acids is 2. The molecule has 8 heteroatoms. The molecular weight excluding hydrogens is 352 g/mol. The van der Waals surface area contributed by atoms with E-state index >= 15 is 0 Å². The maximum Gasteiger partial charge on any atom is 0.407 e. The molecule has 26 heavy (non-hydrogen) atoms. The van der Waals surface area contributed by atoms with Gasteiger partial charge in [-0.1, -0.05) is 42.1 Å². The van der Waals surface area contributed by atoms with Crippen molar-refractivity contribution in [3.05, 3.63) is 54.4 Å². The first kappa shape index (κ1) is 19.7. The average molecular weight is 374 g/mol. The highest BCUT2D eigenvalue weighted by molar-refractivity contribution is 7.99. The number of alkyl carbamates (subject to hydrolysis) is 1. The minimum atomic E-state index is -0.556. The largest absolute Gasteiger partial charge is 0.445 e. The van der Waals surface area contributed by atoms with Crippen LogP contribution in [0, 0.1) is 0 Å². The highest BCUT2D eigenvalue weighted by Gasteiger charge is 2.19. The second-order valence-corrected chi connectivity index (χ2v) is 6.72. The molecule has 2 aromatic rings. The number of rotatable bonds is 8. The van der Waals surface area contributed by atoms with Gasteiger partial charge in [0.15, 0.2) is 5.16 Å². The molecule has 2 rings (SSSR count). The van der Waals surface area contributed by atoms with Crippen LogP contribution < -0.4 is 5.32 Å². The summed E-state index contributed by atoms with van der Waals surface area (Å²) in [7, 11) is 3.36. The first-order chi connectivity index (χ1) is 12.5. The van der Waals surface area contributed by atoms with E-state index in [1.165, 1.54) is 16.7 Å². The van der Waals surface area contributed by atoms with Gasteiger partial charge in [-0.05, 0) is 11.6 Å². The number of aromatic nitrogens is 2. The van der Waals surface area contributed by atoms with Crippen LogP contribution in [0.4, 0.5) is 4.79 Å². The number of thioether (sulfide) groups is 1. The van der Waals surface area contributed by atoms with Gasteiger partial charge in [-0.2, -0.15) is 0 Å². The van der Waals surface area contributed by atoms with E-state index in [1.54, 1.807) is 32.6 Å². The number of hydrogen-bond acceptors (Lipinski definition) is 6. The third kappa shape index (κ3) is 7.10. The zero-order valence-electron chi connectivity index (χ0n) is 14.8. The molecule has 0 spiro atoms. The fourth-order valence-corrected chi connectivity index (χ4v) is 2.83. The zero-order chi connectivity index (χ0) is 18.8. The van der Waals surface area contributed by atoms with Gasteiger partial charge in [-0.15, -0.1) is 0 Å². The van der Waals surface area contributed by atoms with Gasteiger partial charge >= 0.3 is 6.09 Å². The van der Waals surface area contributed by atoms with Crippen LogP contribution in [0.25, 0.3) is 0 Å². The predicted octanol–water partition coefficient (Wildman–Crippen LogP) is 2.34. The summed E-state index contributed by atoms with van der Waals surface area (Å²) < 4.78 is 5.24. The fourth-order valence-electron chi connectivity index (χ4n) is 2.01. The lowest BCUT2D eigenvalue weighted by Gasteiger charge is -2.19. The van der Waals surface area contributed by atoms with E-state index in [1.807, 2.05) is 30.3 Å². The molecular formula is C18H22N4O3S. The van der Waals surface area contributed by atoms with Crippen molar-refractivity contribution < 1.29 is 14.3 Å². The van der Waals surface area contributed by atoms with Crippen LogP contribution in [0.2, 0.25) is 0 Å². The summed E-state index contributed by atoms with van der Waals surface area (Å²) in [6, 6.07) is 10.8. The Balaban J connectivity index is 1.89. The normalized spacial score (nSPS) is 11.5. The van der Waals surface area contributed by atoms with Crippen LogP contribution in [-0.2, 0) is 16.1 Å². The lowest BCUT2D eigenvalue weighted by Crippen LogP contribution is -2.40. The van der Waals surface area contributed by atoms with Crippen LogP contribution in [0.3, 0.4) is 0 Å². The van der Waals surface area contributed by atoms with Gasteiger partial charge < -0.3 is 15.0 Å². The van der Waals surface area contributed by atoms with Crippen LogP contribution in [0.15, 0.2) is 53.9 Å². The quantitative estimate of drug-likeness (QED) is 0.564. The molecule has 1 aromatic heterocycles. The number of amides is 2. The first-order valence-electron chi connectivity index (χ1n) is 8.12. The molecule has 0 aliphatic rings. The van der Waals surface area contributed by atoms with Crippen LogP contribution in [0.5, 0.6) is 0 Å². The van der Waals surface area contributed by atoms with Crippen LogP contribution >= 0.6 is 11.8 Å². The van der Waals surface area contributed by atoms with Gasteiger partial charge in [0.05, 0.1) is 6.04 Å². The lowest BCUT2D eigenvalue weighted by atomic mass is 10.2. The summed E-state index contributed by atoms with van der Waals surface area (Å²) in [6.45, 7) is 0.177. The summed E-state index contributed by atoms with van der Waals surface area (Å²) in [5.74, 6) is 0.386. The average Bonchev–Trinajstić information content (AvgIpc) is 2.66. The molecule has 0 aliphatic heterocycles. The van der Waals surface area contributed by atoms with E-state index in [2.05, 4.69) is 15.3 Å². The Hall–Kier alpha value is -2.61. The van der Waals surface area contributed by atoms with Crippen molar-refractivity contribution in [2.45, 2.75) is 24.2 Å². The molecule has 0 saturated heterocycles. The number of carbonyl (C=O) groups is 2. The molecule has 1 N–H and O–H groups in total. The Morgan fingerprint density at radius 1 is 1.15 bits per heavy atom. The maximum absolute atomic E-state index is 12.1. The highest BCUT2D eigenvalue weighted by atomic mass is 32.2. The second-order valence-electron chi connectivity index (χ2n) is 5.74. The standard InChI is InChI=1S/C18H22N4O3S/c1-22(2)16(23)11-15(13-26-17-19-9-6-10-20-17)21-18(24)25-12-14-7-4-3-5-8-14/h3-10,15H,11-13H2,1-2H3,(H,21,24)/t15-/m1/s1. The molecule has 0 bridgehead atoms. The van der Waals surface area contributed by atoms with Crippen LogP contribution in [0.1, 0.15) is 12.0 Å². The molecule has 1 atom stereocenters. The summed E-state index contributed by atoms with van der Waals surface area (Å²) >= 11 is 1.38. The van der Waals surface area contributed by atoms with Crippen molar-refractivity contribution in [3.63, 3.8) is 0 Å². The van der Waals surface area contributed by atoms with Crippen molar-refractivity contribution in [2.24, 2.45) is 0 Å². The summed E-state index contributed by atoms with van der Waals surface area (Å²) in [6.07, 6.45) is 2.92. The van der Waals surface area contributed by atoms with Crippen molar-refractivity contribution in [2.75, 3.05) is 19.8 Å². The van der Waals surface area contributed by atoms with E-state index in [4.69, 9.17) is 4.74 Å². The Morgan fingerprint density at radius 2 is 1.85 bits per heavy atom. The smallest absolute Gasteiger partial charge is 0.407 e. The van der Waals surface area contributed by atoms with Crippen molar-refractivity contribution in [1.29, 1.82) is 0 Å². The highest BCUT2D eigenvalue weighted by Crippen LogP contribution is 2.14. The molecule has 1 aromatic carbocycles. The van der Waals surface area contributed by atoms with E-state index in [0.29, 0.717) is 10.9 Å². The number of nitrogens with zero attached hydrogens (tertiary/aromatic N) is 3. The molecule has 0 unspecified atom stereocenters. The number of ether oxygens (including phenoxy) is 1. The van der Waals surface area contributed by atoms with Gasteiger partial charge in [0.1, 0.15) is 6.61 Å². The number of benzene rings is 1. The van der Waals surface area contributed by atoms with Gasteiger partial charge in [-0.3, -0.25) is 4.79 Å². The molecule has 0 radical (unpaired) electrons. The van der Waals surface area contributed by atoms with Crippen molar-refractivity contribution in [1.82, 2.24) is 20.2 Å². The van der Waals surface area contributed by atoms with Crippen LogP contribution in [-0.4, -0.2) is 52.8 Å². The van der Waals surface area contributed by atoms with Crippen molar-refractivity contribution in [3.8, 4) is 0 Å². The molecule has 2 amide bonds. The second kappa shape index (κ2) is 10.4. The Morgan fingerprint density at radius 3 is 2.50 bits per heavy atom. The summed E-state index contributed by atoms with van der Waals surface area (Å²) in [4.78, 5) is 33.9. The van der Waals surface area contributed by atoms with E-state index < -0.39 is 6.09 Å². The Bertz CT molecular complexity index is 698. The minimum Gasteiger partial charge on any atom is -0.445 e. The maximum atomic E-state index is 12.1. The molecule has 1 heterocycles. The predicted molar refractivity (Wildman–Crippen MR) is 99.6 cm³/mol. The SMILES string of the molecule is CN(C)C(=O)C[C@H](CSc1ncccn1)NC(=O)OCc1ccccc1. The van der Waals surface area contributed by atoms with Crippen molar-refractivity contribution >= 4 is 23.8 Å². The topological polar surface area (TPSA) is 84.4 Å². The summed E-state index contributed by atoms with van der Waals surface area (Å²) in [5, 5.41) is 3.35. The Kier molecular flexibility index (Phi) is 7.88. The fraction of sp³-hybridized carbons (Fsp3) is 0.333. The third-order valence-corrected chi connectivity index (χ3v) is 4.45.